The van der Waals surface area contributed by atoms with Crippen molar-refractivity contribution >= 4 is 23.6 Å². The largest absolute Gasteiger partial charge is 0.423 e. The molecule has 3 amide bonds. The third-order valence-electron chi connectivity index (χ3n) is 3.57. The lowest BCUT2D eigenvalue weighted by Crippen LogP contribution is -2.33. The predicted molar refractivity (Wildman–Crippen MR) is 84.5 cm³/mol. The molecule has 0 saturated carbocycles. The summed E-state index contributed by atoms with van der Waals surface area (Å²) in [5.41, 5.74) is 0.778. The van der Waals surface area contributed by atoms with Crippen molar-refractivity contribution in [2.24, 2.45) is 0 Å². The average Bonchev–Trinajstić information content (AvgIpc) is 2.89. The van der Waals surface area contributed by atoms with Gasteiger partial charge >= 0.3 is 12.0 Å². The molecule has 1 heterocycles. The van der Waals surface area contributed by atoms with Crippen LogP contribution in [0.2, 0.25) is 0 Å². The van der Waals surface area contributed by atoms with Gasteiger partial charge in [-0.1, -0.05) is 18.2 Å². The van der Waals surface area contributed by atoms with Gasteiger partial charge in [-0.15, -0.1) is 0 Å². The van der Waals surface area contributed by atoms with Crippen molar-refractivity contribution in [2.75, 3.05) is 18.2 Å². The molecule has 7 nitrogen and oxygen atoms in total. The van der Waals surface area contributed by atoms with Crippen molar-refractivity contribution in [1.29, 1.82) is 0 Å². The summed E-state index contributed by atoms with van der Waals surface area (Å²) in [6.45, 7) is -0.803. The summed E-state index contributed by atoms with van der Waals surface area (Å²) in [5, 5.41) is 9.02. The van der Waals surface area contributed by atoms with Gasteiger partial charge in [0.2, 0.25) is 0 Å². The standard InChI is InChI=1S/C17H14N2O5/c20-11-19-15(21)10-18(17(19)23)13-8-6-12(7-9-13)16(22)24-14-4-2-1-3-5-14/h1-9,20H,10-11H2. The number of ether oxygens (including phenoxy) is 1. The minimum atomic E-state index is -0.657. The van der Waals surface area contributed by atoms with Gasteiger partial charge in [0.05, 0.1) is 5.56 Å². The molecule has 0 aromatic heterocycles. The van der Waals surface area contributed by atoms with E-state index >= 15 is 0 Å². The van der Waals surface area contributed by atoms with Gasteiger partial charge in [-0.3, -0.25) is 9.69 Å². The summed E-state index contributed by atoms with van der Waals surface area (Å²) in [5.74, 6) is -0.561. The Hall–Kier alpha value is -3.19. The van der Waals surface area contributed by atoms with Crippen LogP contribution in [0.1, 0.15) is 10.4 Å². The highest BCUT2D eigenvalue weighted by atomic mass is 16.5. The number of amides is 3. The van der Waals surface area contributed by atoms with Crippen molar-refractivity contribution < 1.29 is 24.2 Å². The molecule has 3 rings (SSSR count). The molecule has 0 spiro atoms. The number of carbonyl (C=O) groups is 3. The van der Waals surface area contributed by atoms with Gasteiger partial charge in [-0.2, -0.15) is 0 Å². The number of para-hydroxylation sites is 1. The first-order chi connectivity index (χ1) is 11.6. The first kappa shape index (κ1) is 15.7. The number of aliphatic hydroxyl groups excluding tert-OH is 1. The highest BCUT2D eigenvalue weighted by molar-refractivity contribution is 6.12. The number of esters is 1. The molecule has 1 N–H and O–H groups in total. The molecule has 0 radical (unpaired) electrons. The fourth-order valence-electron chi connectivity index (χ4n) is 2.31. The molecule has 7 heteroatoms. The molecule has 0 aliphatic carbocycles. The van der Waals surface area contributed by atoms with Crippen molar-refractivity contribution in [1.82, 2.24) is 4.90 Å². The Morgan fingerprint density at radius 1 is 1.04 bits per heavy atom. The summed E-state index contributed by atoms with van der Waals surface area (Å²) in [4.78, 5) is 37.6. The van der Waals surface area contributed by atoms with Gasteiger partial charge in [0, 0.05) is 5.69 Å². The Labute approximate surface area is 137 Å². The van der Waals surface area contributed by atoms with Crippen LogP contribution in [0, 0.1) is 0 Å². The number of hydrogen-bond donors (Lipinski definition) is 1. The minimum absolute atomic E-state index is 0.146. The quantitative estimate of drug-likeness (QED) is 0.524. The zero-order valence-corrected chi connectivity index (χ0v) is 12.6. The Morgan fingerprint density at radius 2 is 1.71 bits per heavy atom. The monoisotopic (exact) mass is 326 g/mol. The fraction of sp³-hybridized carbons (Fsp3) is 0.118. The smallest absolute Gasteiger partial charge is 0.343 e. The predicted octanol–water partition coefficient (Wildman–Crippen LogP) is 1.62. The third kappa shape index (κ3) is 2.97. The van der Waals surface area contributed by atoms with Crippen molar-refractivity contribution in [2.45, 2.75) is 0 Å². The molecule has 1 aliphatic rings. The van der Waals surface area contributed by atoms with Gasteiger partial charge in [0.25, 0.3) is 5.91 Å². The van der Waals surface area contributed by atoms with E-state index in [0.717, 1.165) is 4.90 Å². The number of urea groups is 1. The summed E-state index contributed by atoms with van der Waals surface area (Å²) in [6.07, 6.45) is 0. The van der Waals surface area contributed by atoms with Crippen LogP contribution in [0.25, 0.3) is 0 Å². The van der Waals surface area contributed by atoms with Crippen LogP contribution in [0.15, 0.2) is 54.6 Å². The Balaban J connectivity index is 1.73. The lowest BCUT2D eigenvalue weighted by atomic mass is 10.2. The zero-order valence-electron chi connectivity index (χ0n) is 12.6. The second kappa shape index (κ2) is 6.51. The molecule has 24 heavy (non-hydrogen) atoms. The van der Waals surface area contributed by atoms with Crippen LogP contribution >= 0.6 is 0 Å². The number of nitrogens with zero attached hydrogens (tertiary/aromatic N) is 2. The first-order valence-electron chi connectivity index (χ1n) is 7.20. The van der Waals surface area contributed by atoms with E-state index in [1.807, 2.05) is 6.07 Å². The maximum atomic E-state index is 12.1. The van der Waals surface area contributed by atoms with Crippen LogP contribution < -0.4 is 9.64 Å². The van der Waals surface area contributed by atoms with Crippen LogP contribution in [0.4, 0.5) is 10.5 Å². The number of carbonyl (C=O) groups excluding carboxylic acids is 3. The molecule has 1 saturated heterocycles. The molecule has 1 fully saturated rings. The highest BCUT2D eigenvalue weighted by Crippen LogP contribution is 2.22. The highest BCUT2D eigenvalue weighted by Gasteiger charge is 2.36. The van der Waals surface area contributed by atoms with Gasteiger partial charge in [-0.05, 0) is 36.4 Å². The summed E-state index contributed by atoms with van der Waals surface area (Å²) < 4.78 is 5.22. The van der Waals surface area contributed by atoms with Gasteiger partial charge in [-0.25, -0.2) is 14.5 Å². The number of benzene rings is 2. The number of hydrogen-bond acceptors (Lipinski definition) is 5. The van der Waals surface area contributed by atoms with E-state index in [4.69, 9.17) is 9.84 Å². The topological polar surface area (TPSA) is 87.2 Å². The van der Waals surface area contributed by atoms with Crippen LogP contribution in [-0.2, 0) is 4.79 Å². The molecule has 0 bridgehead atoms. The molecule has 2 aromatic rings. The molecule has 122 valence electrons. The Bertz CT molecular complexity index is 773. The third-order valence-corrected chi connectivity index (χ3v) is 3.57. The molecule has 0 atom stereocenters. The van der Waals surface area contributed by atoms with Crippen LogP contribution in [-0.4, -0.2) is 41.2 Å². The van der Waals surface area contributed by atoms with E-state index < -0.39 is 24.6 Å². The normalized spacial score (nSPS) is 14.2. The summed E-state index contributed by atoms with van der Waals surface area (Å²) >= 11 is 0. The average molecular weight is 326 g/mol. The molecule has 2 aromatic carbocycles. The molecule has 0 unspecified atom stereocenters. The molecular weight excluding hydrogens is 312 g/mol. The Kier molecular flexibility index (Phi) is 4.26. The maximum absolute atomic E-state index is 12.1. The lowest BCUT2D eigenvalue weighted by Gasteiger charge is -2.15. The van der Waals surface area contributed by atoms with E-state index in [1.54, 1.807) is 36.4 Å². The maximum Gasteiger partial charge on any atom is 0.343 e. The van der Waals surface area contributed by atoms with Crippen molar-refractivity contribution in [3.8, 4) is 5.75 Å². The van der Waals surface area contributed by atoms with E-state index in [2.05, 4.69) is 0 Å². The van der Waals surface area contributed by atoms with Gasteiger partial charge in [0.1, 0.15) is 19.0 Å². The summed E-state index contributed by atoms with van der Waals surface area (Å²) in [6, 6.07) is 14.2. The lowest BCUT2D eigenvalue weighted by molar-refractivity contribution is -0.127. The second-order valence-corrected chi connectivity index (χ2v) is 5.08. The van der Waals surface area contributed by atoms with Gasteiger partial charge < -0.3 is 9.84 Å². The van der Waals surface area contributed by atoms with E-state index in [1.165, 1.54) is 17.0 Å². The van der Waals surface area contributed by atoms with E-state index in [-0.39, 0.29) is 6.54 Å². The van der Waals surface area contributed by atoms with Crippen molar-refractivity contribution in [3.05, 3.63) is 60.2 Å². The van der Waals surface area contributed by atoms with Gasteiger partial charge in [0.15, 0.2) is 0 Å². The molecular formula is C17H14N2O5. The SMILES string of the molecule is O=C(Oc1ccccc1)c1ccc(N2CC(=O)N(CO)C2=O)cc1. The number of aliphatic hydroxyl groups is 1. The summed E-state index contributed by atoms with van der Waals surface area (Å²) in [7, 11) is 0. The second-order valence-electron chi connectivity index (χ2n) is 5.08. The first-order valence-corrected chi connectivity index (χ1v) is 7.20. The number of rotatable bonds is 4. The zero-order chi connectivity index (χ0) is 17.1. The number of imide groups is 1. The van der Waals surface area contributed by atoms with E-state index in [9.17, 15) is 14.4 Å². The van der Waals surface area contributed by atoms with E-state index in [0.29, 0.717) is 17.0 Å². The Morgan fingerprint density at radius 3 is 2.29 bits per heavy atom. The molecule has 1 aliphatic heterocycles. The fourth-order valence-corrected chi connectivity index (χ4v) is 2.31. The van der Waals surface area contributed by atoms with Crippen LogP contribution in [0.5, 0.6) is 5.75 Å². The minimum Gasteiger partial charge on any atom is -0.423 e. The van der Waals surface area contributed by atoms with Crippen LogP contribution in [0.3, 0.4) is 0 Å². The number of anilines is 1. The van der Waals surface area contributed by atoms with Crippen molar-refractivity contribution in [3.63, 3.8) is 0 Å².